The molecule has 0 aromatic heterocycles. The second kappa shape index (κ2) is 10.1. The molecule has 0 aliphatic heterocycles. The summed E-state index contributed by atoms with van der Waals surface area (Å²) in [5.41, 5.74) is -1.47. The number of nitrogens with zero attached hydrogens (tertiary/aromatic N) is 1. The topological polar surface area (TPSA) is 59.3 Å². The van der Waals surface area contributed by atoms with Crippen LogP contribution in [0.4, 0.5) is 17.6 Å². The Labute approximate surface area is 211 Å². The number of rotatable bonds is 7. The van der Waals surface area contributed by atoms with Crippen LogP contribution >= 0.6 is 0 Å². The Morgan fingerprint density at radius 2 is 1.65 bits per heavy atom. The Morgan fingerprint density at radius 3 is 2.24 bits per heavy atom. The SMILES string of the molecule is CC1(C)C(/C=C(/c2ccccc2)C(F)(F)F)C1C(=O)OC(C#N)c1ccc(F)c(Oc2ccccc2)c1. The Hall–Kier alpha value is -4.12. The molecule has 3 aromatic carbocycles. The van der Waals surface area contributed by atoms with Crippen molar-refractivity contribution in [1.29, 1.82) is 5.26 Å². The lowest BCUT2D eigenvalue weighted by Crippen LogP contribution is -2.15. The summed E-state index contributed by atoms with van der Waals surface area (Å²) in [5.74, 6) is -2.90. The molecule has 1 aliphatic rings. The second-order valence-corrected chi connectivity index (χ2v) is 9.32. The van der Waals surface area contributed by atoms with Crippen LogP contribution in [0.1, 0.15) is 31.1 Å². The lowest BCUT2D eigenvalue weighted by molar-refractivity contribution is -0.149. The van der Waals surface area contributed by atoms with Gasteiger partial charge in [-0.2, -0.15) is 18.4 Å². The number of hydrogen-bond acceptors (Lipinski definition) is 4. The zero-order chi connectivity index (χ0) is 26.8. The van der Waals surface area contributed by atoms with Crippen molar-refractivity contribution < 1.29 is 31.8 Å². The van der Waals surface area contributed by atoms with Crippen LogP contribution in [0.15, 0.2) is 84.9 Å². The number of allylic oxidation sites excluding steroid dienone is 2. The smallest absolute Gasteiger partial charge is 0.416 e. The van der Waals surface area contributed by atoms with Gasteiger partial charge < -0.3 is 9.47 Å². The molecule has 0 radical (unpaired) electrons. The number of benzene rings is 3. The fraction of sp³-hybridized carbons (Fsp3) is 0.241. The van der Waals surface area contributed by atoms with Gasteiger partial charge in [0.05, 0.1) is 11.5 Å². The first-order valence-corrected chi connectivity index (χ1v) is 11.5. The second-order valence-electron chi connectivity index (χ2n) is 9.32. The molecule has 4 rings (SSSR count). The first-order valence-electron chi connectivity index (χ1n) is 11.5. The van der Waals surface area contributed by atoms with E-state index in [1.54, 1.807) is 50.2 Å². The van der Waals surface area contributed by atoms with Gasteiger partial charge in [0.25, 0.3) is 0 Å². The number of nitriles is 1. The van der Waals surface area contributed by atoms with E-state index in [0.29, 0.717) is 5.75 Å². The molecule has 0 saturated heterocycles. The number of ether oxygens (including phenoxy) is 2. The quantitative estimate of drug-likeness (QED) is 0.243. The normalized spacial score (nSPS) is 19.4. The van der Waals surface area contributed by atoms with Gasteiger partial charge >= 0.3 is 12.1 Å². The average Bonchev–Trinajstić information content (AvgIpc) is 3.42. The van der Waals surface area contributed by atoms with E-state index in [9.17, 15) is 27.6 Å². The monoisotopic (exact) mass is 509 g/mol. The molecule has 0 N–H and O–H groups in total. The van der Waals surface area contributed by atoms with Crippen molar-refractivity contribution in [3.8, 4) is 17.6 Å². The van der Waals surface area contributed by atoms with Crippen molar-refractivity contribution in [1.82, 2.24) is 0 Å². The van der Waals surface area contributed by atoms with E-state index >= 15 is 0 Å². The highest BCUT2D eigenvalue weighted by Crippen LogP contribution is 2.61. The van der Waals surface area contributed by atoms with Gasteiger partial charge in [-0.15, -0.1) is 0 Å². The van der Waals surface area contributed by atoms with Crippen LogP contribution in [-0.4, -0.2) is 12.1 Å². The van der Waals surface area contributed by atoms with Gasteiger partial charge in [-0.3, -0.25) is 4.79 Å². The summed E-state index contributed by atoms with van der Waals surface area (Å²) in [7, 11) is 0. The van der Waals surface area contributed by atoms with Crippen molar-refractivity contribution >= 4 is 11.5 Å². The molecule has 1 saturated carbocycles. The van der Waals surface area contributed by atoms with Gasteiger partial charge in [0.15, 0.2) is 11.6 Å². The number of para-hydroxylation sites is 1. The Balaban J connectivity index is 1.54. The third-order valence-corrected chi connectivity index (χ3v) is 6.48. The molecule has 0 bridgehead atoms. The third kappa shape index (κ3) is 5.67. The van der Waals surface area contributed by atoms with E-state index in [0.717, 1.165) is 12.1 Å². The molecule has 37 heavy (non-hydrogen) atoms. The van der Waals surface area contributed by atoms with Crippen molar-refractivity contribution in [3.63, 3.8) is 0 Å². The van der Waals surface area contributed by atoms with Crippen LogP contribution in [0.2, 0.25) is 0 Å². The summed E-state index contributed by atoms with van der Waals surface area (Å²) in [4.78, 5) is 13.0. The number of carbonyl (C=O) groups excluding carboxylic acids is 1. The van der Waals surface area contributed by atoms with E-state index < -0.39 is 46.9 Å². The summed E-state index contributed by atoms with van der Waals surface area (Å²) in [6.45, 7) is 3.34. The van der Waals surface area contributed by atoms with E-state index in [-0.39, 0.29) is 16.9 Å². The van der Waals surface area contributed by atoms with E-state index in [2.05, 4.69) is 0 Å². The Bertz CT molecular complexity index is 1350. The molecule has 1 fully saturated rings. The number of esters is 1. The molecule has 1 aliphatic carbocycles. The molecule has 0 spiro atoms. The van der Waals surface area contributed by atoms with Crippen LogP contribution in [0.25, 0.3) is 5.57 Å². The van der Waals surface area contributed by atoms with Gasteiger partial charge in [0, 0.05) is 5.56 Å². The maximum Gasteiger partial charge on any atom is 0.416 e. The molecule has 3 atom stereocenters. The van der Waals surface area contributed by atoms with Crippen molar-refractivity contribution in [3.05, 3.63) is 102 Å². The minimum absolute atomic E-state index is 0.00280. The van der Waals surface area contributed by atoms with Crippen LogP contribution in [0, 0.1) is 34.4 Å². The van der Waals surface area contributed by atoms with E-state index in [4.69, 9.17) is 9.47 Å². The van der Waals surface area contributed by atoms with Crippen molar-refractivity contribution in [2.24, 2.45) is 17.3 Å². The largest absolute Gasteiger partial charge is 0.454 e. The fourth-order valence-corrected chi connectivity index (χ4v) is 4.33. The molecule has 0 heterocycles. The highest BCUT2D eigenvalue weighted by molar-refractivity contribution is 5.80. The number of hydrogen-bond donors (Lipinski definition) is 0. The molecule has 3 unspecified atom stereocenters. The predicted molar refractivity (Wildman–Crippen MR) is 129 cm³/mol. The van der Waals surface area contributed by atoms with Crippen LogP contribution in [0.5, 0.6) is 11.5 Å². The predicted octanol–water partition coefficient (Wildman–Crippen LogP) is 7.64. The summed E-state index contributed by atoms with van der Waals surface area (Å²) in [6.07, 6.45) is -4.96. The minimum atomic E-state index is -4.62. The number of halogens is 4. The zero-order valence-corrected chi connectivity index (χ0v) is 20.0. The van der Waals surface area contributed by atoms with Gasteiger partial charge in [0.1, 0.15) is 11.8 Å². The molecule has 3 aromatic rings. The molecule has 4 nitrogen and oxygen atoms in total. The van der Waals surface area contributed by atoms with Gasteiger partial charge in [-0.25, -0.2) is 4.39 Å². The lowest BCUT2D eigenvalue weighted by atomic mass is 10.0. The van der Waals surface area contributed by atoms with E-state index in [1.807, 2.05) is 6.07 Å². The maximum absolute atomic E-state index is 14.3. The summed E-state index contributed by atoms with van der Waals surface area (Å²) >= 11 is 0. The van der Waals surface area contributed by atoms with E-state index in [1.165, 1.54) is 36.4 Å². The Morgan fingerprint density at radius 1 is 1.03 bits per heavy atom. The van der Waals surface area contributed by atoms with Crippen LogP contribution in [-0.2, 0) is 9.53 Å². The lowest BCUT2D eigenvalue weighted by Gasteiger charge is -2.14. The van der Waals surface area contributed by atoms with Gasteiger partial charge in [-0.05, 0) is 41.2 Å². The van der Waals surface area contributed by atoms with Gasteiger partial charge in [-0.1, -0.05) is 74.5 Å². The average molecular weight is 509 g/mol. The maximum atomic E-state index is 14.3. The molecular weight excluding hydrogens is 486 g/mol. The standard InChI is InChI=1S/C29H23F4NO3/c1-28(2)22(16-21(29(31,32)33)18-9-5-3-6-10-18)26(28)27(35)37-25(17-34)19-13-14-23(30)24(15-19)36-20-11-7-4-8-12-20/h3-16,22,25-26H,1-2H3/b21-16-. The number of alkyl halides is 3. The van der Waals surface area contributed by atoms with Gasteiger partial charge in [0.2, 0.25) is 6.10 Å². The summed E-state index contributed by atoms with van der Waals surface area (Å²) < 4.78 is 66.7. The highest BCUT2D eigenvalue weighted by atomic mass is 19.4. The molecule has 190 valence electrons. The summed E-state index contributed by atoms with van der Waals surface area (Å²) in [6, 6.07) is 21.3. The minimum Gasteiger partial charge on any atom is -0.454 e. The molecule has 8 heteroatoms. The third-order valence-electron chi connectivity index (χ3n) is 6.48. The number of carbonyl (C=O) groups is 1. The zero-order valence-electron chi connectivity index (χ0n) is 20.0. The Kier molecular flexibility index (Phi) is 7.08. The van der Waals surface area contributed by atoms with Crippen molar-refractivity contribution in [2.45, 2.75) is 26.1 Å². The summed E-state index contributed by atoms with van der Waals surface area (Å²) in [5, 5.41) is 9.65. The first-order chi connectivity index (χ1) is 17.5. The molecule has 0 amide bonds. The van der Waals surface area contributed by atoms with Crippen LogP contribution in [0.3, 0.4) is 0 Å². The highest BCUT2D eigenvalue weighted by Gasteiger charge is 2.62. The first kappa shape index (κ1) is 26.0. The van der Waals surface area contributed by atoms with Crippen LogP contribution < -0.4 is 4.74 Å². The van der Waals surface area contributed by atoms with Crippen molar-refractivity contribution in [2.75, 3.05) is 0 Å². The molecular formula is C29H23F4NO3. The fourth-order valence-electron chi connectivity index (χ4n) is 4.33.